The van der Waals surface area contributed by atoms with Crippen molar-refractivity contribution in [2.75, 3.05) is 0 Å². The van der Waals surface area contributed by atoms with Crippen LogP contribution in [-0.2, 0) is 6.54 Å². The SMILES string of the molecule is Oc1c2c(Cl)cc(-c3cccnc3)cc2cn1Cc1ccc(Cl)cc1. The van der Waals surface area contributed by atoms with Crippen LogP contribution in [0.3, 0.4) is 0 Å². The number of nitrogens with zero attached hydrogens (tertiary/aromatic N) is 2. The van der Waals surface area contributed by atoms with E-state index < -0.39 is 0 Å². The number of hydrogen-bond donors (Lipinski definition) is 1. The predicted octanol–water partition coefficient (Wildman–Crippen LogP) is 5.76. The van der Waals surface area contributed by atoms with Gasteiger partial charge in [-0.2, -0.15) is 0 Å². The second-order valence-corrected chi connectivity index (χ2v) is 6.71. The summed E-state index contributed by atoms with van der Waals surface area (Å²) in [4.78, 5) is 4.15. The first-order valence-corrected chi connectivity index (χ1v) is 8.53. The summed E-state index contributed by atoms with van der Waals surface area (Å²) in [6.45, 7) is 0.538. The highest BCUT2D eigenvalue weighted by atomic mass is 35.5. The third kappa shape index (κ3) is 3.09. The van der Waals surface area contributed by atoms with Crippen molar-refractivity contribution < 1.29 is 5.11 Å². The molecule has 1 N–H and O–H groups in total. The van der Waals surface area contributed by atoms with Crippen molar-refractivity contribution in [1.29, 1.82) is 0 Å². The molecule has 0 atom stereocenters. The summed E-state index contributed by atoms with van der Waals surface area (Å²) in [5.41, 5.74) is 2.99. The molecule has 4 aromatic rings. The number of pyridine rings is 1. The number of aromatic hydroxyl groups is 1. The fourth-order valence-electron chi connectivity index (χ4n) is 2.95. The summed E-state index contributed by atoms with van der Waals surface area (Å²) in [7, 11) is 0. The number of aromatic nitrogens is 2. The quantitative estimate of drug-likeness (QED) is 0.498. The van der Waals surface area contributed by atoms with Crippen molar-refractivity contribution in [3.05, 3.63) is 82.7 Å². The van der Waals surface area contributed by atoms with Crippen molar-refractivity contribution in [2.24, 2.45) is 0 Å². The first-order chi connectivity index (χ1) is 12.1. The first kappa shape index (κ1) is 16.0. The van der Waals surface area contributed by atoms with Crippen LogP contribution in [0.5, 0.6) is 5.88 Å². The van der Waals surface area contributed by atoms with Gasteiger partial charge in [0.1, 0.15) is 0 Å². The van der Waals surface area contributed by atoms with E-state index in [9.17, 15) is 5.11 Å². The molecule has 0 saturated carbocycles. The molecular weight excluding hydrogens is 355 g/mol. The Hall–Kier alpha value is -2.49. The number of rotatable bonds is 3. The molecule has 0 saturated heterocycles. The fourth-order valence-corrected chi connectivity index (χ4v) is 3.38. The molecule has 2 aromatic heterocycles. The van der Waals surface area contributed by atoms with E-state index in [4.69, 9.17) is 23.2 Å². The van der Waals surface area contributed by atoms with Crippen molar-refractivity contribution in [2.45, 2.75) is 6.54 Å². The van der Waals surface area contributed by atoms with E-state index in [0.717, 1.165) is 22.1 Å². The molecular formula is C20H14Cl2N2O. The molecule has 0 aliphatic carbocycles. The van der Waals surface area contributed by atoms with Gasteiger partial charge in [0.2, 0.25) is 5.88 Å². The maximum absolute atomic E-state index is 10.6. The van der Waals surface area contributed by atoms with Crippen LogP contribution in [0.1, 0.15) is 5.56 Å². The summed E-state index contributed by atoms with van der Waals surface area (Å²) in [5.74, 6) is 0.160. The largest absolute Gasteiger partial charge is 0.494 e. The van der Waals surface area contributed by atoms with E-state index in [1.165, 1.54) is 0 Å². The zero-order valence-corrected chi connectivity index (χ0v) is 14.7. The van der Waals surface area contributed by atoms with Crippen LogP contribution in [0.15, 0.2) is 67.1 Å². The van der Waals surface area contributed by atoms with E-state index in [1.54, 1.807) is 17.0 Å². The Bertz CT molecular complexity index is 1040. The lowest BCUT2D eigenvalue weighted by Crippen LogP contribution is -1.96. The molecule has 0 radical (unpaired) electrons. The summed E-state index contributed by atoms with van der Waals surface area (Å²) in [6.07, 6.45) is 5.44. The third-order valence-corrected chi connectivity index (χ3v) is 4.72. The van der Waals surface area contributed by atoms with Crippen LogP contribution >= 0.6 is 23.2 Å². The highest BCUT2D eigenvalue weighted by Crippen LogP contribution is 2.37. The smallest absolute Gasteiger partial charge is 0.200 e. The molecule has 25 heavy (non-hydrogen) atoms. The topological polar surface area (TPSA) is 38.1 Å². The van der Waals surface area contributed by atoms with Crippen LogP contribution in [-0.4, -0.2) is 14.7 Å². The molecule has 124 valence electrons. The maximum Gasteiger partial charge on any atom is 0.200 e. The van der Waals surface area contributed by atoms with Crippen LogP contribution < -0.4 is 0 Å². The standard InChI is InChI=1S/C20H14Cl2N2O/c21-17-5-3-13(4-6-17)11-24-12-16-8-15(14-2-1-7-23-10-14)9-18(22)19(16)20(24)25/h1-10,12,25H,11H2. The van der Waals surface area contributed by atoms with E-state index in [0.29, 0.717) is 22.0 Å². The normalized spacial score (nSPS) is 11.1. The van der Waals surface area contributed by atoms with Gasteiger partial charge in [-0.15, -0.1) is 0 Å². The molecule has 0 aliphatic heterocycles. The highest BCUT2D eigenvalue weighted by molar-refractivity contribution is 6.36. The highest BCUT2D eigenvalue weighted by Gasteiger charge is 2.14. The van der Waals surface area contributed by atoms with Gasteiger partial charge in [-0.1, -0.05) is 41.4 Å². The van der Waals surface area contributed by atoms with E-state index in [1.807, 2.05) is 54.7 Å². The third-order valence-electron chi connectivity index (χ3n) is 4.17. The lowest BCUT2D eigenvalue weighted by molar-refractivity contribution is 0.430. The molecule has 0 amide bonds. The molecule has 0 fully saturated rings. The zero-order valence-electron chi connectivity index (χ0n) is 13.2. The van der Waals surface area contributed by atoms with Crippen molar-refractivity contribution in [1.82, 2.24) is 9.55 Å². The molecule has 3 nitrogen and oxygen atoms in total. The van der Waals surface area contributed by atoms with Gasteiger partial charge in [0.05, 0.1) is 17.0 Å². The van der Waals surface area contributed by atoms with Gasteiger partial charge in [0.25, 0.3) is 0 Å². The molecule has 2 aromatic carbocycles. The van der Waals surface area contributed by atoms with E-state index in [-0.39, 0.29) is 5.88 Å². The number of halogens is 2. The summed E-state index contributed by atoms with van der Waals surface area (Å²) >= 11 is 12.4. The average molecular weight is 369 g/mol. The number of benzene rings is 2. The lowest BCUT2D eigenvalue weighted by atomic mass is 10.1. The Kier molecular flexibility index (Phi) is 4.12. The van der Waals surface area contributed by atoms with Crippen LogP contribution in [0.2, 0.25) is 10.0 Å². The fraction of sp³-hybridized carbons (Fsp3) is 0.0500. The summed E-state index contributed by atoms with van der Waals surface area (Å²) < 4.78 is 1.78. The Morgan fingerprint density at radius 1 is 1.00 bits per heavy atom. The molecule has 2 heterocycles. The minimum atomic E-state index is 0.160. The van der Waals surface area contributed by atoms with Gasteiger partial charge in [0.15, 0.2) is 0 Å². The lowest BCUT2D eigenvalue weighted by Gasteiger charge is -2.05. The van der Waals surface area contributed by atoms with Crippen molar-refractivity contribution in [3.63, 3.8) is 0 Å². The minimum absolute atomic E-state index is 0.160. The molecule has 4 rings (SSSR count). The summed E-state index contributed by atoms with van der Waals surface area (Å²) in [6, 6.07) is 15.3. The van der Waals surface area contributed by atoms with Gasteiger partial charge in [0, 0.05) is 34.6 Å². The molecule has 0 spiro atoms. The molecule has 0 bridgehead atoms. The second kappa shape index (κ2) is 6.43. The Labute approximate surface area is 155 Å². The number of hydrogen-bond acceptors (Lipinski definition) is 2. The van der Waals surface area contributed by atoms with Crippen LogP contribution in [0.25, 0.3) is 21.9 Å². The molecule has 0 unspecified atom stereocenters. The van der Waals surface area contributed by atoms with Gasteiger partial charge in [-0.05, 0) is 41.5 Å². The molecule has 0 aliphatic rings. The van der Waals surface area contributed by atoms with Crippen molar-refractivity contribution >= 4 is 34.0 Å². The Balaban J connectivity index is 1.78. The predicted molar refractivity (Wildman–Crippen MR) is 102 cm³/mol. The van der Waals surface area contributed by atoms with Gasteiger partial charge in [-0.3, -0.25) is 4.98 Å². The zero-order chi connectivity index (χ0) is 17.4. The first-order valence-electron chi connectivity index (χ1n) is 7.78. The Morgan fingerprint density at radius 2 is 1.80 bits per heavy atom. The van der Waals surface area contributed by atoms with Gasteiger partial charge < -0.3 is 9.67 Å². The van der Waals surface area contributed by atoms with Crippen molar-refractivity contribution in [3.8, 4) is 17.0 Å². The van der Waals surface area contributed by atoms with E-state index >= 15 is 0 Å². The number of fused-ring (bicyclic) bond motifs is 1. The maximum atomic E-state index is 10.6. The van der Waals surface area contributed by atoms with Crippen LogP contribution in [0, 0.1) is 0 Å². The second-order valence-electron chi connectivity index (χ2n) is 5.87. The van der Waals surface area contributed by atoms with E-state index in [2.05, 4.69) is 4.98 Å². The summed E-state index contributed by atoms with van der Waals surface area (Å²) in [5, 5.41) is 13.3. The average Bonchev–Trinajstić information content (AvgIpc) is 2.94. The van der Waals surface area contributed by atoms with Gasteiger partial charge >= 0.3 is 0 Å². The Morgan fingerprint density at radius 3 is 2.52 bits per heavy atom. The van der Waals surface area contributed by atoms with Crippen LogP contribution in [0.4, 0.5) is 0 Å². The minimum Gasteiger partial charge on any atom is -0.494 e. The van der Waals surface area contributed by atoms with Gasteiger partial charge in [-0.25, -0.2) is 0 Å². The molecule has 5 heteroatoms. The monoisotopic (exact) mass is 368 g/mol.